The van der Waals surface area contributed by atoms with Gasteiger partial charge in [-0.1, -0.05) is 0 Å². The van der Waals surface area contributed by atoms with Gasteiger partial charge < -0.3 is 10.0 Å². The maximum atomic E-state index is 11.3. The summed E-state index contributed by atoms with van der Waals surface area (Å²) < 4.78 is 0. The standard InChI is InChI=1S/C13H15N3O2S/c1-7-8(2)19-12-10(7)11(14-6-15-12)16-5-3-4-9(16)13(17)18/h6,9H,3-5H2,1-2H3,(H,17,18)/t9-/m1/s1. The third-order valence-corrected chi connectivity index (χ3v) is 4.87. The number of carboxylic acids is 1. The molecule has 0 aliphatic carbocycles. The normalized spacial score (nSPS) is 19.3. The Kier molecular flexibility index (Phi) is 2.89. The molecule has 1 saturated heterocycles. The minimum atomic E-state index is -0.770. The zero-order valence-electron chi connectivity index (χ0n) is 10.9. The largest absolute Gasteiger partial charge is 0.480 e. The number of carbonyl (C=O) groups is 1. The van der Waals surface area contributed by atoms with Gasteiger partial charge in [0.1, 0.15) is 23.0 Å². The molecule has 1 aliphatic rings. The number of hydrogen-bond donors (Lipinski definition) is 1. The molecule has 100 valence electrons. The number of aliphatic carboxylic acids is 1. The molecule has 0 spiro atoms. The molecule has 1 aliphatic heterocycles. The zero-order chi connectivity index (χ0) is 13.6. The summed E-state index contributed by atoms with van der Waals surface area (Å²) in [5.74, 6) is 0.00520. The van der Waals surface area contributed by atoms with E-state index in [-0.39, 0.29) is 0 Å². The molecule has 3 rings (SSSR count). The molecule has 2 aromatic heterocycles. The lowest BCUT2D eigenvalue weighted by atomic mass is 10.2. The van der Waals surface area contributed by atoms with Gasteiger partial charge >= 0.3 is 5.97 Å². The summed E-state index contributed by atoms with van der Waals surface area (Å²) in [4.78, 5) is 24.0. The van der Waals surface area contributed by atoms with Crippen LogP contribution in [0.2, 0.25) is 0 Å². The van der Waals surface area contributed by atoms with Gasteiger partial charge in [-0.2, -0.15) is 0 Å². The first-order valence-corrected chi connectivity index (χ1v) is 7.11. The number of thiophene rings is 1. The van der Waals surface area contributed by atoms with Gasteiger partial charge in [-0.15, -0.1) is 11.3 Å². The van der Waals surface area contributed by atoms with E-state index in [4.69, 9.17) is 0 Å². The summed E-state index contributed by atoms with van der Waals surface area (Å²) >= 11 is 1.64. The third-order valence-electron chi connectivity index (χ3n) is 3.76. The number of nitrogens with zero attached hydrogens (tertiary/aromatic N) is 3. The van der Waals surface area contributed by atoms with E-state index in [9.17, 15) is 9.90 Å². The van der Waals surface area contributed by atoms with E-state index in [2.05, 4.69) is 16.9 Å². The van der Waals surface area contributed by atoms with Crippen LogP contribution >= 0.6 is 11.3 Å². The molecule has 3 heterocycles. The van der Waals surface area contributed by atoms with Crippen LogP contribution < -0.4 is 4.90 Å². The summed E-state index contributed by atoms with van der Waals surface area (Å²) in [5.41, 5.74) is 1.16. The van der Waals surface area contributed by atoms with Gasteiger partial charge in [0.15, 0.2) is 0 Å². The van der Waals surface area contributed by atoms with Crippen LogP contribution in [0, 0.1) is 13.8 Å². The smallest absolute Gasteiger partial charge is 0.326 e. The second-order valence-corrected chi connectivity index (χ2v) is 6.05. The van der Waals surface area contributed by atoms with Crippen LogP contribution in [-0.2, 0) is 4.79 Å². The predicted octanol–water partition coefficient (Wildman–Crippen LogP) is 2.36. The minimum absolute atomic E-state index is 0.460. The zero-order valence-corrected chi connectivity index (χ0v) is 11.7. The molecule has 0 bridgehead atoms. The Morgan fingerprint density at radius 3 is 3.00 bits per heavy atom. The second kappa shape index (κ2) is 4.45. The van der Waals surface area contributed by atoms with Gasteiger partial charge in [-0.05, 0) is 32.3 Å². The highest BCUT2D eigenvalue weighted by Crippen LogP contribution is 2.36. The lowest BCUT2D eigenvalue weighted by Crippen LogP contribution is -2.36. The molecule has 5 nitrogen and oxygen atoms in total. The monoisotopic (exact) mass is 277 g/mol. The van der Waals surface area contributed by atoms with Gasteiger partial charge in [0.2, 0.25) is 0 Å². The first kappa shape index (κ1) is 12.3. The maximum Gasteiger partial charge on any atom is 0.326 e. The average Bonchev–Trinajstić information content (AvgIpc) is 2.96. The lowest BCUT2D eigenvalue weighted by Gasteiger charge is -2.23. The summed E-state index contributed by atoms with van der Waals surface area (Å²) in [6, 6.07) is -0.460. The molecule has 0 amide bonds. The number of rotatable bonds is 2. The summed E-state index contributed by atoms with van der Waals surface area (Å²) in [6.45, 7) is 4.86. The van der Waals surface area contributed by atoms with Crippen molar-refractivity contribution in [3.63, 3.8) is 0 Å². The second-order valence-electron chi connectivity index (χ2n) is 4.85. The van der Waals surface area contributed by atoms with Crippen LogP contribution in [0.4, 0.5) is 5.82 Å². The van der Waals surface area contributed by atoms with Crippen molar-refractivity contribution < 1.29 is 9.90 Å². The fraction of sp³-hybridized carbons (Fsp3) is 0.462. The highest BCUT2D eigenvalue weighted by molar-refractivity contribution is 7.18. The Morgan fingerprint density at radius 1 is 1.47 bits per heavy atom. The Labute approximate surface area is 114 Å². The van der Waals surface area contributed by atoms with Crippen LogP contribution in [-0.4, -0.2) is 33.6 Å². The van der Waals surface area contributed by atoms with Crippen molar-refractivity contribution in [2.75, 3.05) is 11.4 Å². The van der Waals surface area contributed by atoms with Gasteiger partial charge in [0.05, 0.1) is 5.39 Å². The van der Waals surface area contributed by atoms with E-state index in [0.717, 1.165) is 34.6 Å². The number of aromatic nitrogens is 2. The van der Waals surface area contributed by atoms with Crippen LogP contribution in [0.5, 0.6) is 0 Å². The van der Waals surface area contributed by atoms with Crippen molar-refractivity contribution in [2.45, 2.75) is 32.7 Å². The van der Waals surface area contributed by atoms with Gasteiger partial charge in [0, 0.05) is 11.4 Å². The summed E-state index contributed by atoms with van der Waals surface area (Å²) in [5, 5.41) is 10.3. The SMILES string of the molecule is Cc1sc2ncnc(N3CCC[C@@H]3C(=O)O)c2c1C. The van der Waals surface area contributed by atoms with Crippen molar-refractivity contribution >= 4 is 33.3 Å². The highest BCUT2D eigenvalue weighted by atomic mass is 32.1. The van der Waals surface area contributed by atoms with Crippen molar-refractivity contribution in [3.8, 4) is 0 Å². The first-order valence-electron chi connectivity index (χ1n) is 6.29. The fourth-order valence-corrected chi connectivity index (χ4v) is 3.65. The topological polar surface area (TPSA) is 66.3 Å². The molecule has 1 N–H and O–H groups in total. The molecular formula is C13H15N3O2S. The van der Waals surface area contributed by atoms with E-state index in [1.807, 2.05) is 11.8 Å². The van der Waals surface area contributed by atoms with E-state index >= 15 is 0 Å². The van der Waals surface area contributed by atoms with Crippen molar-refractivity contribution in [3.05, 3.63) is 16.8 Å². The maximum absolute atomic E-state index is 11.3. The van der Waals surface area contributed by atoms with E-state index in [1.54, 1.807) is 11.3 Å². The number of aryl methyl sites for hydroxylation is 2. The lowest BCUT2D eigenvalue weighted by molar-refractivity contribution is -0.138. The van der Waals surface area contributed by atoms with Gasteiger partial charge in [-0.3, -0.25) is 0 Å². The Balaban J connectivity index is 2.17. The number of carboxylic acid groups (broad SMARTS) is 1. The Hall–Kier alpha value is -1.69. The third kappa shape index (κ3) is 1.87. The molecule has 1 atom stereocenters. The molecule has 1 fully saturated rings. The number of anilines is 1. The van der Waals surface area contributed by atoms with Crippen LogP contribution in [0.15, 0.2) is 6.33 Å². The summed E-state index contributed by atoms with van der Waals surface area (Å²) in [7, 11) is 0. The molecule has 0 saturated carbocycles. The van der Waals surface area contributed by atoms with Gasteiger partial charge in [0.25, 0.3) is 0 Å². The molecule has 0 aromatic carbocycles. The predicted molar refractivity (Wildman–Crippen MR) is 74.9 cm³/mol. The molecule has 19 heavy (non-hydrogen) atoms. The average molecular weight is 277 g/mol. The van der Waals surface area contributed by atoms with Crippen LogP contribution in [0.3, 0.4) is 0 Å². The first-order chi connectivity index (χ1) is 9.09. The quantitative estimate of drug-likeness (QED) is 0.912. The van der Waals surface area contributed by atoms with Gasteiger partial charge in [-0.25, -0.2) is 14.8 Å². The highest BCUT2D eigenvalue weighted by Gasteiger charge is 2.33. The van der Waals surface area contributed by atoms with E-state index in [0.29, 0.717) is 6.42 Å². The Bertz CT molecular complexity index is 653. The molecule has 6 heteroatoms. The Morgan fingerprint density at radius 2 is 2.26 bits per heavy atom. The van der Waals surface area contributed by atoms with Crippen molar-refractivity contribution in [1.29, 1.82) is 0 Å². The van der Waals surface area contributed by atoms with Crippen molar-refractivity contribution in [1.82, 2.24) is 9.97 Å². The van der Waals surface area contributed by atoms with Crippen molar-refractivity contribution in [2.24, 2.45) is 0 Å². The number of hydrogen-bond acceptors (Lipinski definition) is 5. The number of fused-ring (bicyclic) bond motifs is 1. The van der Waals surface area contributed by atoms with E-state index < -0.39 is 12.0 Å². The molecule has 2 aromatic rings. The van der Waals surface area contributed by atoms with E-state index in [1.165, 1.54) is 11.2 Å². The summed E-state index contributed by atoms with van der Waals surface area (Å²) in [6.07, 6.45) is 3.11. The fourth-order valence-electron chi connectivity index (χ4n) is 2.66. The molecular weight excluding hydrogens is 262 g/mol. The van der Waals surface area contributed by atoms with Crippen LogP contribution in [0.25, 0.3) is 10.2 Å². The minimum Gasteiger partial charge on any atom is -0.480 e. The molecule has 0 unspecified atom stereocenters. The van der Waals surface area contributed by atoms with Crippen LogP contribution in [0.1, 0.15) is 23.3 Å². The molecule has 0 radical (unpaired) electrons.